The lowest BCUT2D eigenvalue weighted by Gasteiger charge is -2.30. The van der Waals surface area contributed by atoms with E-state index in [1.807, 2.05) is 29.2 Å². The summed E-state index contributed by atoms with van der Waals surface area (Å²) in [6.45, 7) is 6.74. The minimum atomic E-state index is -0.255. The summed E-state index contributed by atoms with van der Waals surface area (Å²) < 4.78 is 27.2. The molecule has 0 unspecified atom stereocenters. The van der Waals surface area contributed by atoms with Crippen LogP contribution in [-0.2, 0) is 6.42 Å². The van der Waals surface area contributed by atoms with E-state index in [-0.39, 0.29) is 17.5 Å². The van der Waals surface area contributed by atoms with Crippen molar-refractivity contribution in [1.82, 2.24) is 9.80 Å². The Bertz CT molecular complexity index is 1210. The smallest absolute Gasteiger partial charge is 0.254 e. The number of hydrogen-bond donors (Lipinski definition) is 0. The quantitative estimate of drug-likeness (QED) is 0.310. The van der Waals surface area contributed by atoms with Gasteiger partial charge in [0.25, 0.3) is 5.91 Å². The number of aryl methyl sites for hydroxylation is 2. The standard InChI is InChI=1S/C31H34F2N2OS/c1-22-21-28-29(37-22)5-4-18-35(31(28)36)17-3-2-16-34-19-14-25(15-20-34)30(23-6-10-26(32)11-7-23)24-8-12-27(33)13-9-24/h6-13,21H,2-5,14-20H2,1H3. The third-order valence-corrected chi connectivity index (χ3v) is 8.62. The van der Waals surface area contributed by atoms with Gasteiger partial charge in [-0.3, -0.25) is 4.79 Å². The lowest BCUT2D eigenvalue weighted by atomic mass is 9.88. The Labute approximate surface area is 222 Å². The molecule has 0 radical (unpaired) electrons. The van der Waals surface area contributed by atoms with Gasteiger partial charge < -0.3 is 9.80 Å². The number of thiophene rings is 1. The summed E-state index contributed by atoms with van der Waals surface area (Å²) in [6, 6.07) is 15.3. The summed E-state index contributed by atoms with van der Waals surface area (Å²) in [4.78, 5) is 20.0. The van der Waals surface area contributed by atoms with Crippen molar-refractivity contribution in [3.63, 3.8) is 0 Å². The molecule has 194 valence electrons. The number of hydrogen-bond acceptors (Lipinski definition) is 3. The van der Waals surface area contributed by atoms with Crippen LogP contribution in [0.15, 0.2) is 60.2 Å². The van der Waals surface area contributed by atoms with Crippen LogP contribution in [0.1, 0.15) is 63.3 Å². The molecule has 0 N–H and O–H groups in total. The number of likely N-dealkylation sites (tertiary alicyclic amines) is 1. The average Bonchev–Trinajstić information content (AvgIpc) is 3.22. The fourth-order valence-electron chi connectivity index (χ4n) is 5.59. The molecule has 1 saturated heterocycles. The van der Waals surface area contributed by atoms with E-state index in [4.69, 9.17) is 0 Å². The van der Waals surface area contributed by atoms with Gasteiger partial charge in [0, 0.05) is 35.9 Å². The molecule has 1 amide bonds. The van der Waals surface area contributed by atoms with Crippen LogP contribution < -0.4 is 0 Å². The van der Waals surface area contributed by atoms with Crippen molar-refractivity contribution in [2.24, 2.45) is 0 Å². The van der Waals surface area contributed by atoms with Gasteiger partial charge in [-0.05, 0) is 99.0 Å². The fourth-order valence-corrected chi connectivity index (χ4v) is 6.66. The number of fused-ring (bicyclic) bond motifs is 1. The van der Waals surface area contributed by atoms with Gasteiger partial charge in [0.2, 0.25) is 0 Å². The Hall–Kier alpha value is -2.83. The molecule has 3 heterocycles. The Morgan fingerprint density at radius 1 is 0.838 bits per heavy atom. The Morgan fingerprint density at radius 3 is 2.05 bits per heavy atom. The molecule has 0 spiro atoms. The van der Waals surface area contributed by atoms with Crippen LogP contribution in [0.5, 0.6) is 0 Å². The average molecular weight is 521 g/mol. The monoisotopic (exact) mass is 520 g/mol. The minimum absolute atomic E-state index is 0.207. The van der Waals surface area contributed by atoms with Crippen LogP contribution in [0.3, 0.4) is 0 Å². The van der Waals surface area contributed by atoms with E-state index in [1.54, 1.807) is 11.3 Å². The maximum absolute atomic E-state index is 13.6. The lowest BCUT2D eigenvalue weighted by molar-refractivity contribution is 0.0756. The second-order valence-corrected chi connectivity index (χ2v) is 11.5. The second-order valence-electron chi connectivity index (χ2n) is 10.1. The molecule has 3 nitrogen and oxygen atoms in total. The highest BCUT2D eigenvalue weighted by Crippen LogP contribution is 2.33. The Balaban J connectivity index is 1.17. The molecule has 5 rings (SSSR count). The Kier molecular flexibility index (Phi) is 8.16. The number of carbonyl (C=O) groups excluding carboxylic acids is 1. The number of piperidine rings is 1. The number of nitrogens with zero attached hydrogens (tertiary/aromatic N) is 2. The van der Waals surface area contributed by atoms with Gasteiger partial charge in [-0.25, -0.2) is 8.78 Å². The summed E-state index contributed by atoms with van der Waals surface area (Å²) in [5.41, 5.74) is 5.31. The van der Waals surface area contributed by atoms with Crippen molar-refractivity contribution < 1.29 is 13.6 Å². The van der Waals surface area contributed by atoms with Gasteiger partial charge in [-0.15, -0.1) is 11.3 Å². The van der Waals surface area contributed by atoms with Crippen molar-refractivity contribution in [1.29, 1.82) is 0 Å². The van der Waals surface area contributed by atoms with Crippen LogP contribution in [0.4, 0.5) is 8.78 Å². The molecule has 0 aliphatic carbocycles. The highest BCUT2D eigenvalue weighted by molar-refractivity contribution is 7.12. The van der Waals surface area contributed by atoms with Gasteiger partial charge >= 0.3 is 0 Å². The first-order valence-electron chi connectivity index (χ1n) is 13.3. The molecule has 6 heteroatoms. The summed E-state index contributed by atoms with van der Waals surface area (Å²) in [6.07, 6.45) is 6.02. The summed E-state index contributed by atoms with van der Waals surface area (Å²) >= 11 is 1.77. The second kappa shape index (κ2) is 11.7. The van der Waals surface area contributed by atoms with Gasteiger partial charge in [0.05, 0.1) is 5.56 Å². The zero-order valence-electron chi connectivity index (χ0n) is 21.4. The predicted molar refractivity (Wildman–Crippen MR) is 147 cm³/mol. The molecular weight excluding hydrogens is 486 g/mol. The molecule has 2 aliphatic rings. The summed E-state index contributed by atoms with van der Waals surface area (Å²) in [5, 5.41) is 0. The number of carbonyl (C=O) groups is 1. The number of halogens is 2. The zero-order valence-corrected chi connectivity index (χ0v) is 22.3. The van der Waals surface area contributed by atoms with E-state index in [0.29, 0.717) is 0 Å². The molecular formula is C31H34F2N2OS. The molecule has 3 aromatic rings. The summed E-state index contributed by atoms with van der Waals surface area (Å²) in [5.74, 6) is -0.303. The third kappa shape index (κ3) is 6.19. The molecule has 0 saturated carbocycles. The van der Waals surface area contributed by atoms with E-state index in [2.05, 4.69) is 17.9 Å². The number of rotatable bonds is 7. The highest BCUT2D eigenvalue weighted by atomic mass is 32.1. The number of unbranched alkanes of at least 4 members (excludes halogenated alkanes) is 1. The SMILES string of the molecule is Cc1cc2c(s1)CCCN(CCCCN1CCC(=C(c3ccc(F)cc3)c3ccc(F)cc3)CC1)C2=O. The first kappa shape index (κ1) is 25.8. The van der Waals surface area contributed by atoms with Crippen molar-refractivity contribution >= 4 is 22.8 Å². The van der Waals surface area contributed by atoms with E-state index in [9.17, 15) is 13.6 Å². The van der Waals surface area contributed by atoms with E-state index in [0.717, 1.165) is 93.5 Å². The fraction of sp³-hybridized carbons (Fsp3) is 0.387. The van der Waals surface area contributed by atoms with E-state index in [1.165, 1.54) is 39.6 Å². The normalized spacial score (nSPS) is 16.6. The zero-order chi connectivity index (χ0) is 25.8. The molecule has 2 aliphatic heterocycles. The van der Waals surface area contributed by atoms with Crippen molar-refractivity contribution in [2.75, 3.05) is 32.7 Å². The molecule has 1 fully saturated rings. The van der Waals surface area contributed by atoms with Crippen molar-refractivity contribution in [3.05, 3.63) is 98.2 Å². The number of benzene rings is 2. The van der Waals surface area contributed by atoms with E-state index < -0.39 is 0 Å². The first-order valence-corrected chi connectivity index (χ1v) is 14.1. The topological polar surface area (TPSA) is 23.6 Å². The first-order chi connectivity index (χ1) is 18.0. The van der Waals surface area contributed by atoms with Crippen molar-refractivity contribution in [3.8, 4) is 0 Å². The van der Waals surface area contributed by atoms with Crippen LogP contribution in [0.25, 0.3) is 5.57 Å². The van der Waals surface area contributed by atoms with Crippen LogP contribution in [0.2, 0.25) is 0 Å². The molecule has 2 aromatic carbocycles. The molecule has 0 atom stereocenters. The summed E-state index contributed by atoms with van der Waals surface area (Å²) in [7, 11) is 0. The van der Waals surface area contributed by atoms with Crippen molar-refractivity contribution in [2.45, 2.75) is 45.4 Å². The van der Waals surface area contributed by atoms with Gasteiger partial charge in [0.15, 0.2) is 0 Å². The van der Waals surface area contributed by atoms with Crippen LogP contribution in [-0.4, -0.2) is 48.4 Å². The van der Waals surface area contributed by atoms with Gasteiger partial charge in [-0.1, -0.05) is 29.8 Å². The minimum Gasteiger partial charge on any atom is -0.339 e. The Morgan fingerprint density at radius 2 is 1.43 bits per heavy atom. The third-order valence-electron chi connectivity index (χ3n) is 7.51. The van der Waals surface area contributed by atoms with Crippen LogP contribution in [0, 0.1) is 18.6 Å². The maximum Gasteiger partial charge on any atom is 0.254 e. The lowest BCUT2D eigenvalue weighted by Crippen LogP contribution is -2.34. The van der Waals surface area contributed by atoms with E-state index >= 15 is 0 Å². The van der Waals surface area contributed by atoms with Gasteiger partial charge in [0.1, 0.15) is 11.6 Å². The maximum atomic E-state index is 13.6. The molecule has 0 bridgehead atoms. The van der Waals surface area contributed by atoms with Gasteiger partial charge in [-0.2, -0.15) is 0 Å². The largest absolute Gasteiger partial charge is 0.339 e. The van der Waals surface area contributed by atoms with Crippen LogP contribution >= 0.6 is 11.3 Å². The molecule has 1 aromatic heterocycles. The predicted octanol–water partition coefficient (Wildman–Crippen LogP) is 7.10. The highest BCUT2D eigenvalue weighted by Gasteiger charge is 2.24. The molecule has 37 heavy (non-hydrogen) atoms. The number of amides is 1.